The number of rotatable bonds is 6. The van der Waals surface area contributed by atoms with Crippen LogP contribution >= 0.6 is 0 Å². The highest BCUT2D eigenvalue weighted by atomic mass is 19.1. The van der Waals surface area contributed by atoms with Gasteiger partial charge in [-0.1, -0.05) is 12.8 Å². The third-order valence-electron chi connectivity index (χ3n) is 7.81. The standard InChI is InChI=1S/C25H31FN8O/c26-18-7-8-19(33-10-9-25(28,12-33)24(35)32-16-5-6-16)17(20(18)15-3-1-2-4-15)11-34-14-31-21-22(27)29-13-30-23(21)34/h7-8,13-16H,1-6,9-12,28H2,(H,32,35)(H2,27,29,30). The van der Waals surface area contributed by atoms with Crippen molar-refractivity contribution >= 4 is 28.6 Å². The van der Waals surface area contributed by atoms with Crippen molar-refractivity contribution in [3.8, 4) is 0 Å². The molecule has 6 rings (SSSR count). The fourth-order valence-corrected chi connectivity index (χ4v) is 5.71. The van der Waals surface area contributed by atoms with E-state index < -0.39 is 5.54 Å². The summed E-state index contributed by atoms with van der Waals surface area (Å²) < 4.78 is 17.3. The Morgan fingerprint density at radius 3 is 2.74 bits per heavy atom. The van der Waals surface area contributed by atoms with Crippen LogP contribution in [-0.4, -0.2) is 50.1 Å². The minimum absolute atomic E-state index is 0.0880. The first kappa shape index (κ1) is 22.2. The van der Waals surface area contributed by atoms with Gasteiger partial charge in [-0.15, -0.1) is 0 Å². The lowest BCUT2D eigenvalue weighted by molar-refractivity contribution is -0.125. The molecule has 2 saturated carbocycles. The number of halogens is 1. The third kappa shape index (κ3) is 3.99. The average Bonchev–Trinajstić information content (AvgIpc) is 3.21. The van der Waals surface area contributed by atoms with E-state index in [1.165, 1.54) is 6.33 Å². The number of nitrogens with two attached hydrogens (primary N) is 2. The topological polar surface area (TPSA) is 128 Å². The highest BCUT2D eigenvalue weighted by Gasteiger charge is 2.43. The molecule has 2 aromatic heterocycles. The van der Waals surface area contributed by atoms with Gasteiger partial charge in [0.15, 0.2) is 11.5 Å². The highest BCUT2D eigenvalue weighted by Crippen LogP contribution is 2.42. The molecular weight excluding hydrogens is 447 g/mol. The quantitative estimate of drug-likeness (QED) is 0.496. The van der Waals surface area contributed by atoms with Crippen molar-refractivity contribution in [3.63, 3.8) is 0 Å². The van der Waals surface area contributed by atoms with Crippen molar-refractivity contribution in [1.82, 2.24) is 24.8 Å². The highest BCUT2D eigenvalue weighted by molar-refractivity contribution is 5.88. The summed E-state index contributed by atoms with van der Waals surface area (Å²) in [4.78, 5) is 27.8. The summed E-state index contributed by atoms with van der Waals surface area (Å²) in [6.07, 6.45) is 9.83. The van der Waals surface area contributed by atoms with Crippen LogP contribution in [0.15, 0.2) is 24.8 Å². The number of hydrogen-bond donors (Lipinski definition) is 3. The van der Waals surface area contributed by atoms with Crippen LogP contribution < -0.4 is 21.7 Å². The fourth-order valence-electron chi connectivity index (χ4n) is 5.71. The lowest BCUT2D eigenvalue weighted by atomic mass is 9.90. The van der Waals surface area contributed by atoms with Crippen molar-refractivity contribution in [3.05, 3.63) is 41.7 Å². The largest absolute Gasteiger partial charge is 0.382 e. The fraction of sp³-hybridized carbons (Fsp3) is 0.520. The van der Waals surface area contributed by atoms with E-state index in [0.717, 1.165) is 55.3 Å². The maximum Gasteiger partial charge on any atom is 0.242 e. The SMILES string of the molecule is Nc1ncnc2c1ncn2Cc1c(N2CCC(N)(C(=O)NC3CC3)C2)ccc(F)c1C1CCCC1. The van der Waals surface area contributed by atoms with Crippen LogP contribution in [0.3, 0.4) is 0 Å². The first-order valence-corrected chi connectivity index (χ1v) is 12.5. The molecule has 1 aromatic carbocycles. The number of nitrogens with zero attached hydrogens (tertiary/aromatic N) is 5. The minimum atomic E-state index is -0.953. The second-order valence-corrected chi connectivity index (χ2v) is 10.3. The van der Waals surface area contributed by atoms with Crippen LogP contribution in [0.4, 0.5) is 15.9 Å². The number of anilines is 2. The molecular formula is C25H31FN8O. The van der Waals surface area contributed by atoms with E-state index in [1.807, 2.05) is 10.6 Å². The summed E-state index contributed by atoms with van der Waals surface area (Å²) in [5.41, 5.74) is 15.4. The van der Waals surface area contributed by atoms with E-state index in [2.05, 4.69) is 25.2 Å². The number of amides is 1. The number of carbonyl (C=O) groups excluding carboxylic acids is 1. The van der Waals surface area contributed by atoms with Gasteiger partial charge < -0.3 is 26.3 Å². The third-order valence-corrected chi connectivity index (χ3v) is 7.81. The Hall–Kier alpha value is -3.27. The lowest BCUT2D eigenvalue weighted by Crippen LogP contribution is -2.56. The summed E-state index contributed by atoms with van der Waals surface area (Å²) in [5, 5.41) is 3.06. The van der Waals surface area contributed by atoms with Crippen molar-refractivity contribution < 1.29 is 9.18 Å². The van der Waals surface area contributed by atoms with Crippen LogP contribution in [0.2, 0.25) is 0 Å². The average molecular weight is 479 g/mol. The molecule has 10 heteroatoms. The second-order valence-electron chi connectivity index (χ2n) is 10.3. The molecule has 1 amide bonds. The first-order chi connectivity index (χ1) is 16.9. The first-order valence-electron chi connectivity index (χ1n) is 12.5. The van der Waals surface area contributed by atoms with Gasteiger partial charge in [-0.3, -0.25) is 4.79 Å². The zero-order valence-corrected chi connectivity index (χ0v) is 19.7. The van der Waals surface area contributed by atoms with Gasteiger partial charge in [-0.25, -0.2) is 19.3 Å². The van der Waals surface area contributed by atoms with Crippen molar-refractivity contribution in [2.75, 3.05) is 23.7 Å². The predicted octanol–water partition coefficient (Wildman–Crippen LogP) is 2.44. The minimum Gasteiger partial charge on any atom is -0.382 e. The lowest BCUT2D eigenvalue weighted by Gasteiger charge is -2.28. The van der Waals surface area contributed by atoms with Crippen molar-refractivity contribution in [1.29, 1.82) is 0 Å². The summed E-state index contributed by atoms with van der Waals surface area (Å²) in [5.74, 6) is 0.218. The van der Waals surface area contributed by atoms with Crippen molar-refractivity contribution in [2.24, 2.45) is 5.73 Å². The maximum atomic E-state index is 15.4. The Morgan fingerprint density at radius 1 is 1.17 bits per heavy atom. The molecule has 3 heterocycles. The van der Waals surface area contributed by atoms with Crippen LogP contribution in [0.25, 0.3) is 11.2 Å². The van der Waals surface area contributed by atoms with Crippen LogP contribution in [0.5, 0.6) is 0 Å². The molecule has 0 radical (unpaired) electrons. The maximum absolute atomic E-state index is 15.4. The summed E-state index contributed by atoms with van der Waals surface area (Å²) in [6.45, 7) is 1.43. The number of aromatic nitrogens is 4. The van der Waals surface area contributed by atoms with E-state index in [9.17, 15) is 4.79 Å². The Morgan fingerprint density at radius 2 is 1.97 bits per heavy atom. The van der Waals surface area contributed by atoms with Crippen LogP contribution in [0, 0.1) is 5.82 Å². The molecule has 0 spiro atoms. The van der Waals surface area contributed by atoms with Gasteiger partial charge >= 0.3 is 0 Å². The van der Waals surface area contributed by atoms with Gasteiger partial charge in [0.05, 0.1) is 12.9 Å². The van der Waals surface area contributed by atoms with E-state index in [0.29, 0.717) is 43.0 Å². The summed E-state index contributed by atoms with van der Waals surface area (Å²) >= 11 is 0. The Labute approximate surface area is 203 Å². The second kappa shape index (κ2) is 8.44. The molecule has 5 N–H and O–H groups in total. The molecule has 1 saturated heterocycles. The molecule has 2 aliphatic carbocycles. The smallest absolute Gasteiger partial charge is 0.242 e. The Bertz CT molecular complexity index is 1280. The van der Waals surface area contributed by atoms with Gasteiger partial charge in [-0.2, -0.15) is 0 Å². The molecule has 1 atom stereocenters. The van der Waals surface area contributed by atoms with Crippen LogP contribution in [0.1, 0.15) is 62.0 Å². The number of imidazole rings is 1. The van der Waals surface area contributed by atoms with Gasteiger partial charge in [0, 0.05) is 30.4 Å². The van der Waals surface area contributed by atoms with Crippen LogP contribution in [-0.2, 0) is 11.3 Å². The normalized spacial score (nSPS) is 22.9. The molecule has 1 aliphatic heterocycles. The number of nitrogen functional groups attached to an aromatic ring is 1. The summed E-state index contributed by atoms with van der Waals surface area (Å²) in [7, 11) is 0. The molecule has 1 unspecified atom stereocenters. The van der Waals surface area contributed by atoms with E-state index in [1.54, 1.807) is 12.4 Å². The molecule has 3 fully saturated rings. The summed E-state index contributed by atoms with van der Waals surface area (Å²) in [6, 6.07) is 3.66. The number of carbonyl (C=O) groups is 1. The predicted molar refractivity (Wildman–Crippen MR) is 131 cm³/mol. The van der Waals surface area contributed by atoms with Crippen molar-refractivity contribution in [2.45, 2.75) is 69.0 Å². The number of hydrogen-bond acceptors (Lipinski definition) is 7. The zero-order chi connectivity index (χ0) is 24.2. The molecule has 184 valence electrons. The molecule has 35 heavy (non-hydrogen) atoms. The Balaban J connectivity index is 1.39. The Kier molecular flexibility index (Phi) is 5.36. The number of benzene rings is 1. The molecule has 9 nitrogen and oxygen atoms in total. The van der Waals surface area contributed by atoms with Gasteiger partial charge in [-0.05, 0) is 55.7 Å². The molecule has 3 aromatic rings. The van der Waals surface area contributed by atoms with E-state index in [4.69, 9.17) is 11.5 Å². The van der Waals surface area contributed by atoms with Gasteiger partial charge in [0.25, 0.3) is 0 Å². The number of nitrogens with one attached hydrogen (secondary N) is 1. The molecule has 3 aliphatic rings. The van der Waals surface area contributed by atoms with Gasteiger partial charge in [0.2, 0.25) is 5.91 Å². The van der Waals surface area contributed by atoms with E-state index in [-0.39, 0.29) is 23.7 Å². The monoisotopic (exact) mass is 478 g/mol. The van der Waals surface area contributed by atoms with E-state index >= 15 is 4.39 Å². The zero-order valence-electron chi connectivity index (χ0n) is 19.7. The molecule has 0 bridgehead atoms. The number of fused-ring (bicyclic) bond motifs is 1. The van der Waals surface area contributed by atoms with Gasteiger partial charge in [0.1, 0.15) is 23.2 Å².